The van der Waals surface area contributed by atoms with Crippen LogP contribution in [0.2, 0.25) is 5.15 Å². The number of pyridine rings is 1. The number of carbonyl (C=O) groups excluding carboxylic acids is 1. The van der Waals surface area contributed by atoms with Gasteiger partial charge in [-0.1, -0.05) is 17.7 Å². The highest BCUT2D eigenvalue weighted by Gasteiger charge is 2.38. The molecule has 9 nitrogen and oxygen atoms in total. The summed E-state index contributed by atoms with van der Waals surface area (Å²) < 4.78 is 7.23. The Morgan fingerprint density at radius 2 is 2.27 bits per heavy atom. The summed E-state index contributed by atoms with van der Waals surface area (Å²) in [6.45, 7) is 3.68. The maximum absolute atomic E-state index is 13.5. The van der Waals surface area contributed by atoms with Gasteiger partial charge in [-0.3, -0.25) is 4.79 Å². The van der Waals surface area contributed by atoms with Crippen molar-refractivity contribution in [2.75, 3.05) is 6.54 Å². The zero-order chi connectivity index (χ0) is 21.0. The fourth-order valence-corrected chi connectivity index (χ4v) is 4.06. The number of nitrogens with zero attached hydrogens (tertiary/aromatic N) is 5. The maximum atomic E-state index is 13.5. The number of aliphatic hydroxyl groups is 1. The molecule has 0 radical (unpaired) electrons. The minimum absolute atomic E-state index is 0.108. The molecule has 2 atom stereocenters. The summed E-state index contributed by atoms with van der Waals surface area (Å²) in [5, 5.41) is 14.9. The molecule has 154 valence electrons. The van der Waals surface area contributed by atoms with Crippen LogP contribution in [0.25, 0.3) is 5.52 Å². The van der Waals surface area contributed by atoms with E-state index >= 15 is 0 Å². The van der Waals surface area contributed by atoms with E-state index in [0.717, 1.165) is 16.9 Å². The fourth-order valence-electron chi connectivity index (χ4n) is 3.85. The summed E-state index contributed by atoms with van der Waals surface area (Å²) in [4.78, 5) is 27.0. The molecule has 30 heavy (non-hydrogen) atoms. The Labute approximate surface area is 176 Å². The lowest BCUT2D eigenvalue weighted by Crippen LogP contribution is -2.41. The topological polar surface area (TPSA) is 113 Å². The number of aryl methyl sites for hydroxylation is 1. The number of nitrogens with one attached hydrogen (secondary N) is 1. The molecule has 0 aliphatic carbocycles. The molecule has 10 heteroatoms. The molecule has 1 amide bonds. The van der Waals surface area contributed by atoms with Crippen LogP contribution in [0.15, 0.2) is 35.0 Å². The van der Waals surface area contributed by atoms with E-state index in [4.69, 9.17) is 16.0 Å². The lowest BCUT2D eigenvalue weighted by atomic mass is 9.99. The van der Waals surface area contributed by atoms with Crippen LogP contribution in [0.3, 0.4) is 0 Å². The zero-order valence-corrected chi connectivity index (χ0v) is 17.1. The van der Waals surface area contributed by atoms with Gasteiger partial charge in [-0.2, -0.15) is 5.10 Å². The summed E-state index contributed by atoms with van der Waals surface area (Å²) in [6, 6.07) is 6.89. The van der Waals surface area contributed by atoms with E-state index in [1.165, 1.54) is 0 Å². The van der Waals surface area contributed by atoms with Crippen molar-refractivity contribution in [2.24, 2.45) is 0 Å². The van der Waals surface area contributed by atoms with Gasteiger partial charge in [0.05, 0.1) is 28.9 Å². The number of rotatable bonds is 3. The molecule has 5 rings (SSSR count). The minimum atomic E-state index is -0.902. The van der Waals surface area contributed by atoms with E-state index in [1.54, 1.807) is 35.7 Å². The first kappa shape index (κ1) is 18.8. The average molecular weight is 427 g/mol. The van der Waals surface area contributed by atoms with E-state index in [0.29, 0.717) is 29.5 Å². The quantitative estimate of drug-likeness (QED) is 0.487. The Hall–Kier alpha value is -3.17. The summed E-state index contributed by atoms with van der Waals surface area (Å²) >= 11 is 6.29. The molecule has 0 bridgehead atoms. The zero-order valence-electron chi connectivity index (χ0n) is 16.3. The normalized spacial score (nSPS) is 17.3. The second-order valence-electron chi connectivity index (χ2n) is 7.31. The van der Waals surface area contributed by atoms with Gasteiger partial charge < -0.3 is 19.4 Å². The first-order chi connectivity index (χ1) is 14.4. The third kappa shape index (κ3) is 2.89. The summed E-state index contributed by atoms with van der Waals surface area (Å²) in [7, 11) is 0. The molecule has 4 aromatic rings. The number of halogens is 1. The highest BCUT2D eigenvalue weighted by molar-refractivity contribution is 6.29. The van der Waals surface area contributed by atoms with Gasteiger partial charge in [-0.05, 0) is 32.0 Å². The number of imidazole rings is 1. The Bertz CT molecular complexity index is 1260. The molecule has 1 aliphatic rings. The van der Waals surface area contributed by atoms with Crippen molar-refractivity contribution in [3.8, 4) is 0 Å². The second kappa shape index (κ2) is 6.96. The molecule has 1 aliphatic heterocycles. The van der Waals surface area contributed by atoms with Crippen LogP contribution in [0.4, 0.5) is 0 Å². The first-order valence-electron chi connectivity index (χ1n) is 9.56. The predicted octanol–water partition coefficient (Wildman–Crippen LogP) is 2.85. The Kier molecular flexibility index (Phi) is 4.37. The molecule has 1 unspecified atom stereocenters. The van der Waals surface area contributed by atoms with Crippen LogP contribution < -0.4 is 0 Å². The van der Waals surface area contributed by atoms with Crippen molar-refractivity contribution in [1.29, 1.82) is 0 Å². The van der Waals surface area contributed by atoms with Crippen LogP contribution in [-0.4, -0.2) is 47.0 Å². The summed E-state index contributed by atoms with van der Waals surface area (Å²) in [5.41, 5.74) is 3.60. The van der Waals surface area contributed by atoms with Crippen LogP contribution in [0.5, 0.6) is 0 Å². The van der Waals surface area contributed by atoms with E-state index in [1.807, 2.05) is 18.2 Å². The van der Waals surface area contributed by atoms with E-state index in [2.05, 4.69) is 20.1 Å². The van der Waals surface area contributed by atoms with E-state index in [9.17, 15) is 9.90 Å². The highest BCUT2D eigenvalue weighted by atomic mass is 35.5. The monoisotopic (exact) mass is 426 g/mol. The molecule has 0 fully saturated rings. The average Bonchev–Trinajstić information content (AvgIpc) is 3.44. The van der Waals surface area contributed by atoms with Gasteiger partial charge in [0.2, 0.25) is 11.7 Å². The maximum Gasteiger partial charge on any atom is 0.292 e. The van der Waals surface area contributed by atoms with Gasteiger partial charge >= 0.3 is 0 Å². The Balaban J connectivity index is 1.62. The molecule has 0 saturated heterocycles. The molecular weight excluding hydrogens is 408 g/mol. The van der Waals surface area contributed by atoms with Gasteiger partial charge in [0.1, 0.15) is 17.3 Å². The summed E-state index contributed by atoms with van der Waals surface area (Å²) in [5.74, 6) is -0.102. The number of amides is 1. The minimum Gasteiger partial charge on any atom is -0.432 e. The van der Waals surface area contributed by atoms with Crippen molar-refractivity contribution < 1.29 is 14.3 Å². The molecule has 0 aromatic carbocycles. The molecular formula is C20H19ClN6O3. The number of aromatic amines is 1. The summed E-state index contributed by atoms with van der Waals surface area (Å²) in [6.07, 6.45) is 1.35. The molecule has 0 spiro atoms. The van der Waals surface area contributed by atoms with Crippen LogP contribution >= 0.6 is 11.6 Å². The van der Waals surface area contributed by atoms with Crippen molar-refractivity contribution in [3.63, 3.8) is 0 Å². The van der Waals surface area contributed by atoms with Gasteiger partial charge in [0.25, 0.3) is 5.91 Å². The molecule has 2 N–H and O–H groups in total. The van der Waals surface area contributed by atoms with Gasteiger partial charge in [-0.15, -0.1) is 0 Å². The molecule has 0 saturated carbocycles. The van der Waals surface area contributed by atoms with Crippen molar-refractivity contribution in [1.82, 2.24) is 29.5 Å². The van der Waals surface area contributed by atoms with E-state index < -0.39 is 12.1 Å². The van der Waals surface area contributed by atoms with Gasteiger partial charge in [-0.25, -0.2) is 14.5 Å². The standard InChI is InChI=1S/C20H19ClN6O3/c1-10-18(30-19(24-10)11(2)28)20(29)26-7-6-13-16(23-9-22-13)17(26)14-8-12-4-3-5-15(21)27(12)25-14/h3-5,8-9,11,17,28H,6-7H2,1-2H3,(H,22,23)/t11-,17?/m1/s1. The van der Waals surface area contributed by atoms with Crippen molar-refractivity contribution >= 4 is 23.0 Å². The number of fused-ring (bicyclic) bond motifs is 2. The van der Waals surface area contributed by atoms with E-state index in [-0.39, 0.29) is 17.6 Å². The lowest BCUT2D eigenvalue weighted by Gasteiger charge is -2.33. The second-order valence-corrected chi connectivity index (χ2v) is 7.70. The van der Waals surface area contributed by atoms with Crippen molar-refractivity contribution in [3.05, 3.63) is 70.2 Å². The fraction of sp³-hybridized carbons (Fsp3) is 0.300. The Morgan fingerprint density at radius 1 is 1.43 bits per heavy atom. The van der Waals surface area contributed by atoms with Crippen molar-refractivity contribution in [2.45, 2.75) is 32.4 Å². The van der Waals surface area contributed by atoms with Crippen LogP contribution in [0.1, 0.15) is 58.3 Å². The van der Waals surface area contributed by atoms with Crippen LogP contribution in [0, 0.1) is 6.92 Å². The van der Waals surface area contributed by atoms with Crippen LogP contribution in [-0.2, 0) is 6.42 Å². The molecule has 4 aromatic heterocycles. The smallest absolute Gasteiger partial charge is 0.292 e. The third-order valence-corrected chi connectivity index (χ3v) is 5.58. The Morgan fingerprint density at radius 3 is 3.00 bits per heavy atom. The first-order valence-corrected chi connectivity index (χ1v) is 9.94. The number of aliphatic hydroxyl groups excluding tert-OH is 1. The largest absolute Gasteiger partial charge is 0.432 e. The van der Waals surface area contributed by atoms with Gasteiger partial charge in [0, 0.05) is 18.7 Å². The number of hydrogen-bond acceptors (Lipinski definition) is 6. The predicted molar refractivity (Wildman–Crippen MR) is 107 cm³/mol. The number of carbonyl (C=O) groups is 1. The number of aromatic nitrogens is 5. The number of H-pyrrole nitrogens is 1. The lowest BCUT2D eigenvalue weighted by molar-refractivity contribution is 0.0644. The third-order valence-electron chi connectivity index (χ3n) is 5.29. The molecule has 5 heterocycles. The highest BCUT2D eigenvalue weighted by Crippen LogP contribution is 2.35. The van der Waals surface area contributed by atoms with Gasteiger partial charge in [0.15, 0.2) is 0 Å². The SMILES string of the molecule is Cc1nc([C@@H](C)O)oc1C(=O)N1CCc2[nH]cnc2C1c1cc2cccc(Cl)n2n1. The number of oxazole rings is 1. The number of hydrogen-bond donors (Lipinski definition) is 2.